The number of hydrogen-bond acceptors (Lipinski definition) is 8. The van der Waals surface area contributed by atoms with Gasteiger partial charge in [0.15, 0.2) is 11.5 Å². The van der Waals surface area contributed by atoms with Crippen molar-refractivity contribution in [2.75, 3.05) is 31.3 Å². The third-order valence-electron chi connectivity index (χ3n) is 6.27. The minimum atomic E-state index is 0.163. The van der Waals surface area contributed by atoms with Gasteiger partial charge in [0.25, 0.3) is 0 Å². The first-order chi connectivity index (χ1) is 16.9. The van der Waals surface area contributed by atoms with Crippen molar-refractivity contribution in [2.24, 2.45) is 0 Å². The summed E-state index contributed by atoms with van der Waals surface area (Å²) < 4.78 is 9.25. The summed E-state index contributed by atoms with van der Waals surface area (Å²) in [5, 5.41) is 15.8. The quantitative estimate of drug-likeness (QED) is 0.378. The average molecular weight is 481 g/mol. The van der Waals surface area contributed by atoms with Gasteiger partial charge in [0.1, 0.15) is 16.9 Å². The number of imidazole rings is 1. The van der Waals surface area contributed by atoms with E-state index in [4.69, 9.17) is 20.6 Å². The molecule has 1 saturated carbocycles. The van der Waals surface area contributed by atoms with Crippen LogP contribution in [0.1, 0.15) is 57.8 Å². The van der Waals surface area contributed by atoms with Gasteiger partial charge >= 0.3 is 0 Å². The van der Waals surface area contributed by atoms with Crippen LogP contribution in [0.3, 0.4) is 0 Å². The lowest BCUT2D eigenvalue weighted by molar-refractivity contribution is 0.00882. The summed E-state index contributed by atoms with van der Waals surface area (Å²) in [5.74, 6) is 1.85. The van der Waals surface area contributed by atoms with E-state index >= 15 is 0 Å². The second kappa shape index (κ2) is 11.0. The summed E-state index contributed by atoms with van der Waals surface area (Å²) in [6, 6.07) is 6.24. The number of fused-ring (bicyclic) bond motifs is 2. The minimum absolute atomic E-state index is 0.163. The fourth-order valence-corrected chi connectivity index (χ4v) is 4.73. The monoisotopic (exact) mass is 480 g/mol. The molecular formula is C25H36N8O2. The molecule has 4 aromatic heterocycles. The second-order valence-corrected chi connectivity index (χ2v) is 9.11. The Bertz CT molecular complexity index is 1270. The number of nitrogens with two attached hydrogens (primary N) is 1. The van der Waals surface area contributed by atoms with Crippen LogP contribution in [0.2, 0.25) is 0 Å². The van der Waals surface area contributed by atoms with Crippen molar-refractivity contribution in [1.82, 2.24) is 29.1 Å². The first-order valence-electron chi connectivity index (χ1n) is 12.3. The van der Waals surface area contributed by atoms with Crippen LogP contribution in [0, 0.1) is 6.92 Å². The number of aryl methyl sites for hydroxylation is 1. The summed E-state index contributed by atoms with van der Waals surface area (Å²) in [5.41, 5.74) is 10.2. The van der Waals surface area contributed by atoms with Crippen molar-refractivity contribution in [3.63, 3.8) is 0 Å². The summed E-state index contributed by atoms with van der Waals surface area (Å²) in [4.78, 5) is 13.8. The lowest BCUT2D eigenvalue weighted by atomic mass is 9.98. The number of aromatic nitrogens is 6. The molecule has 0 radical (unpaired) electrons. The molecule has 0 saturated heterocycles. The Hall–Kier alpha value is -3.24. The Morgan fingerprint density at radius 3 is 2.60 bits per heavy atom. The largest absolute Gasteiger partial charge is 0.394 e. The molecular weight excluding hydrogens is 444 g/mol. The van der Waals surface area contributed by atoms with E-state index in [-0.39, 0.29) is 18.6 Å². The van der Waals surface area contributed by atoms with E-state index < -0.39 is 0 Å². The molecule has 4 aromatic rings. The maximum absolute atomic E-state index is 8.47. The Kier molecular flexibility index (Phi) is 7.82. The average Bonchev–Trinajstić information content (AvgIpc) is 3.42. The number of nitrogens with zero attached hydrogens (tertiary/aromatic N) is 6. The maximum atomic E-state index is 8.47. The van der Waals surface area contributed by atoms with Gasteiger partial charge in [-0.15, -0.1) is 5.10 Å². The van der Waals surface area contributed by atoms with Crippen molar-refractivity contribution >= 4 is 28.4 Å². The van der Waals surface area contributed by atoms with Crippen LogP contribution < -0.4 is 11.1 Å². The number of hydrogen-bond donors (Lipinski definition) is 3. The standard InChI is InChI=1S/C17H20N8.C8H16O2/c1-9(2)25-10(3)20-13-6-5-12(21-16(13)25)11-7-8-24-14(11)15(19-4)22-17(18)23-24;9-6-7-10-8-4-2-1-3-5-8/h5-9H,1-4H3,(H3,18,19,22,23);8-9H,1-7H2. The molecule has 10 nitrogen and oxygen atoms in total. The molecule has 4 N–H and O–H groups in total. The predicted octanol–water partition coefficient (Wildman–Crippen LogP) is 3.98. The van der Waals surface area contributed by atoms with Crippen molar-refractivity contribution in [3.8, 4) is 11.3 Å². The van der Waals surface area contributed by atoms with Gasteiger partial charge in [-0.05, 0) is 51.8 Å². The zero-order valence-corrected chi connectivity index (χ0v) is 21.0. The molecule has 0 amide bonds. The van der Waals surface area contributed by atoms with E-state index in [1.54, 1.807) is 4.52 Å². The van der Waals surface area contributed by atoms with E-state index in [9.17, 15) is 0 Å². The summed E-state index contributed by atoms with van der Waals surface area (Å²) in [6.45, 7) is 6.95. The maximum Gasteiger partial charge on any atom is 0.240 e. The lowest BCUT2D eigenvalue weighted by Crippen LogP contribution is -2.18. The minimum Gasteiger partial charge on any atom is -0.394 e. The molecule has 1 fully saturated rings. The molecule has 0 atom stereocenters. The fourth-order valence-electron chi connectivity index (χ4n) is 4.73. The highest BCUT2D eigenvalue weighted by Crippen LogP contribution is 2.30. The van der Waals surface area contributed by atoms with Gasteiger partial charge in [-0.3, -0.25) is 0 Å². The van der Waals surface area contributed by atoms with Crippen LogP contribution in [0.15, 0.2) is 24.4 Å². The smallest absolute Gasteiger partial charge is 0.240 e. The second-order valence-electron chi connectivity index (χ2n) is 9.11. The molecule has 5 rings (SSSR count). The third-order valence-corrected chi connectivity index (χ3v) is 6.27. The number of pyridine rings is 1. The van der Waals surface area contributed by atoms with Gasteiger partial charge in [-0.1, -0.05) is 19.3 Å². The van der Waals surface area contributed by atoms with E-state index in [1.165, 1.54) is 32.1 Å². The number of nitrogens with one attached hydrogen (secondary N) is 1. The van der Waals surface area contributed by atoms with Gasteiger partial charge in [-0.25, -0.2) is 14.5 Å². The van der Waals surface area contributed by atoms with Gasteiger partial charge < -0.3 is 25.5 Å². The van der Waals surface area contributed by atoms with Gasteiger partial charge in [0.2, 0.25) is 5.95 Å². The highest BCUT2D eigenvalue weighted by Gasteiger charge is 2.17. The number of aliphatic hydroxyl groups excluding tert-OH is 1. The van der Waals surface area contributed by atoms with Crippen LogP contribution in [0.5, 0.6) is 0 Å². The summed E-state index contributed by atoms with van der Waals surface area (Å²) in [7, 11) is 1.81. The summed E-state index contributed by atoms with van der Waals surface area (Å²) in [6.07, 6.45) is 8.66. The van der Waals surface area contributed by atoms with E-state index in [0.29, 0.717) is 18.5 Å². The third kappa shape index (κ3) is 5.38. The van der Waals surface area contributed by atoms with Gasteiger partial charge in [-0.2, -0.15) is 4.98 Å². The number of rotatable bonds is 6. The molecule has 0 spiro atoms. The molecule has 1 aliphatic carbocycles. The van der Waals surface area contributed by atoms with Crippen LogP contribution in [-0.2, 0) is 4.74 Å². The first-order valence-corrected chi connectivity index (χ1v) is 12.3. The molecule has 0 aromatic carbocycles. The van der Waals surface area contributed by atoms with Crippen molar-refractivity contribution in [1.29, 1.82) is 0 Å². The van der Waals surface area contributed by atoms with Crippen molar-refractivity contribution in [2.45, 2.75) is 65.0 Å². The Balaban J connectivity index is 0.000000243. The number of ether oxygens (including phenoxy) is 1. The molecule has 0 unspecified atom stereocenters. The highest BCUT2D eigenvalue weighted by atomic mass is 16.5. The van der Waals surface area contributed by atoms with Crippen molar-refractivity contribution < 1.29 is 9.84 Å². The van der Waals surface area contributed by atoms with E-state index in [1.807, 2.05) is 38.4 Å². The molecule has 1 aliphatic rings. The lowest BCUT2D eigenvalue weighted by Gasteiger charge is -2.21. The van der Waals surface area contributed by atoms with Gasteiger partial charge in [0.05, 0.1) is 25.0 Å². The van der Waals surface area contributed by atoms with Crippen LogP contribution in [0.25, 0.3) is 27.9 Å². The topological polar surface area (TPSA) is 128 Å². The SMILES string of the molecule is CNc1nc(N)nn2ccc(-c3ccc4nc(C)n(C(C)C)c4n3)c12.OCCOC1CCCCC1. The zero-order chi connectivity index (χ0) is 24.9. The first kappa shape index (κ1) is 24.9. The van der Waals surface area contributed by atoms with Gasteiger partial charge in [0, 0.05) is 24.8 Å². The van der Waals surface area contributed by atoms with Crippen LogP contribution in [-0.4, -0.2) is 60.6 Å². The molecule has 35 heavy (non-hydrogen) atoms. The Morgan fingerprint density at radius 1 is 1.14 bits per heavy atom. The highest BCUT2D eigenvalue weighted by molar-refractivity contribution is 5.89. The van der Waals surface area contributed by atoms with Crippen molar-refractivity contribution in [3.05, 3.63) is 30.2 Å². The Morgan fingerprint density at radius 2 is 1.91 bits per heavy atom. The van der Waals surface area contributed by atoms with Crippen LogP contribution >= 0.6 is 0 Å². The molecule has 188 valence electrons. The number of anilines is 2. The predicted molar refractivity (Wildman–Crippen MR) is 139 cm³/mol. The van der Waals surface area contributed by atoms with Crippen LogP contribution in [0.4, 0.5) is 11.8 Å². The molecule has 0 bridgehead atoms. The summed E-state index contributed by atoms with van der Waals surface area (Å²) >= 11 is 0. The van der Waals surface area contributed by atoms with E-state index in [2.05, 4.69) is 38.8 Å². The molecule has 0 aliphatic heterocycles. The van der Waals surface area contributed by atoms with E-state index in [0.717, 1.165) is 33.8 Å². The molecule has 10 heteroatoms. The normalized spacial score (nSPS) is 14.5. The molecule has 4 heterocycles. The fraction of sp³-hybridized carbons (Fsp3) is 0.520. The number of nitrogen functional groups attached to an aromatic ring is 1. The Labute approximate surface area is 205 Å². The number of aliphatic hydroxyl groups is 1. The zero-order valence-electron chi connectivity index (χ0n) is 21.0.